The zero-order valence-electron chi connectivity index (χ0n) is 24.3. The SMILES string of the molecule is CC(C)[C@H](NC(=O)OC(C)(C)C)C(=O)NC[C@@H]1OC(=O)N(c2ccc(Oc3ccc(Cl)cc3)cc2)[C@H]1c1ccccc1. The molecular formula is C32H36ClN3O6. The van der Waals surface area contributed by atoms with E-state index in [4.69, 9.17) is 25.8 Å². The molecule has 3 aromatic rings. The van der Waals surface area contributed by atoms with Crippen molar-refractivity contribution >= 4 is 35.4 Å². The van der Waals surface area contributed by atoms with E-state index in [-0.39, 0.29) is 12.5 Å². The monoisotopic (exact) mass is 593 g/mol. The Hall–Kier alpha value is -4.24. The van der Waals surface area contributed by atoms with Gasteiger partial charge in [0.1, 0.15) is 35.3 Å². The summed E-state index contributed by atoms with van der Waals surface area (Å²) in [5.41, 5.74) is 0.751. The van der Waals surface area contributed by atoms with Gasteiger partial charge in [0, 0.05) is 10.7 Å². The van der Waals surface area contributed by atoms with Crippen molar-refractivity contribution in [3.8, 4) is 11.5 Å². The van der Waals surface area contributed by atoms with Gasteiger partial charge < -0.3 is 24.8 Å². The molecule has 4 rings (SSSR count). The molecule has 10 heteroatoms. The number of amides is 3. The first-order valence-corrected chi connectivity index (χ1v) is 14.1. The number of halogens is 1. The van der Waals surface area contributed by atoms with Crippen LogP contribution in [0.1, 0.15) is 46.2 Å². The van der Waals surface area contributed by atoms with Crippen LogP contribution in [0.3, 0.4) is 0 Å². The van der Waals surface area contributed by atoms with Crippen LogP contribution in [-0.4, -0.2) is 42.4 Å². The van der Waals surface area contributed by atoms with Gasteiger partial charge in [0.15, 0.2) is 0 Å². The highest BCUT2D eigenvalue weighted by atomic mass is 35.5. The molecule has 3 aromatic carbocycles. The fourth-order valence-corrected chi connectivity index (χ4v) is 4.68. The third kappa shape index (κ3) is 7.94. The van der Waals surface area contributed by atoms with E-state index in [2.05, 4.69) is 10.6 Å². The summed E-state index contributed by atoms with van der Waals surface area (Å²) >= 11 is 5.96. The van der Waals surface area contributed by atoms with E-state index in [0.29, 0.717) is 22.2 Å². The van der Waals surface area contributed by atoms with Gasteiger partial charge in [-0.1, -0.05) is 55.8 Å². The van der Waals surface area contributed by atoms with Crippen LogP contribution in [0.5, 0.6) is 11.5 Å². The van der Waals surface area contributed by atoms with Crippen molar-refractivity contribution in [1.82, 2.24) is 10.6 Å². The highest BCUT2D eigenvalue weighted by Crippen LogP contribution is 2.38. The maximum Gasteiger partial charge on any atom is 0.415 e. The Bertz CT molecular complexity index is 1370. The summed E-state index contributed by atoms with van der Waals surface area (Å²) in [4.78, 5) is 40.3. The van der Waals surface area contributed by atoms with Gasteiger partial charge >= 0.3 is 12.2 Å². The van der Waals surface area contributed by atoms with E-state index < -0.39 is 41.9 Å². The molecule has 1 aliphatic heterocycles. The van der Waals surface area contributed by atoms with Crippen LogP contribution < -0.4 is 20.3 Å². The number of hydrogen-bond donors (Lipinski definition) is 2. The summed E-state index contributed by atoms with van der Waals surface area (Å²) in [6.07, 6.45) is -1.91. The summed E-state index contributed by atoms with van der Waals surface area (Å²) < 4.78 is 17.0. The van der Waals surface area contributed by atoms with Gasteiger partial charge in [-0.25, -0.2) is 9.59 Å². The number of nitrogens with one attached hydrogen (secondary N) is 2. The van der Waals surface area contributed by atoms with E-state index >= 15 is 0 Å². The maximum atomic E-state index is 13.2. The second-order valence-electron chi connectivity index (χ2n) is 11.3. The molecular weight excluding hydrogens is 558 g/mol. The van der Waals surface area contributed by atoms with Crippen LogP contribution in [-0.2, 0) is 14.3 Å². The lowest BCUT2D eigenvalue weighted by molar-refractivity contribution is -0.124. The van der Waals surface area contributed by atoms with Gasteiger partial charge in [0.2, 0.25) is 5.91 Å². The molecule has 9 nitrogen and oxygen atoms in total. The number of benzene rings is 3. The van der Waals surface area contributed by atoms with Gasteiger partial charge in [0.05, 0.1) is 6.54 Å². The predicted molar refractivity (Wildman–Crippen MR) is 161 cm³/mol. The first-order chi connectivity index (χ1) is 19.9. The second-order valence-corrected chi connectivity index (χ2v) is 11.7. The van der Waals surface area contributed by atoms with Crippen molar-refractivity contribution in [3.63, 3.8) is 0 Å². The molecule has 0 radical (unpaired) electrons. The van der Waals surface area contributed by atoms with Crippen LogP contribution in [0.4, 0.5) is 15.3 Å². The normalized spacial score (nSPS) is 17.4. The Balaban J connectivity index is 1.50. The fraction of sp³-hybridized carbons (Fsp3) is 0.344. The summed E-state index contributed by atoms with van der Waals surface area (Å²) in [6, 6.07) is 22.2. The molecule has 0 saturated carbocycles. The third-order valence-corrected chi connectivity index (χ3v) is 6.74. The van der Waals surface area contributed by atoms with Gasteiger partial charge in [-0.05, 0) is 80.8 Å². The Labute approximate surface area is 251 Å². The minimum atomic E-state index is -0.837. The summed E-state index contributed by atoms with van der Waals surface area (Å²) in [6.45, 7) is 8.94. The molecule has 42 heavy (non-hydrogen) atoms. The van der Waals surface area contributed by atoms with Crippen molar-refractivity contribution in [1.29, 1.82) is 0 Å². The molecule has 0 spiro atoms. The molecule has 0 aromatic heterocycles. The number of rotatable bonds is 9. The number of ether oxygens (including phenoxy) is 3. The molecule has 0 aliphatic carbocycles. The molecule has 2 N–H and O–H groups in total. The van der Waals surface area contributed by atoms with Gasteiger partial charge in [-0.3, -0.25) is 9.69 Å². The van der Waals surface area contributed by atoms with Gasteiger partial charge in [0.25, 0.3) is 0 Å². The first kappa shape index (κ1) is 30.7. The Kier molecular flexibility index (Phi) is 9.63. The second kappa shape index (κ2) is 13.2. The van der Waals surface area contributed by atoms with E-state index in [1.54, 1.807) is 74.2 Å². The Morgan fingerprint density at radius 1 is 0.952 bits per heavy atom. The molecule has 3 amide bonds. The maximum absolute atomic E-state index is 13.2. The average molecular weight is 594 g/mol. The quantitative estimate of drug-likeness (QED) is 0.281. The van der Waals surface area contributed by atoms with Crippen molar-refractivity contribution in [2.45, 2.75) is 58.4 Å². The summed E-state index contributed by atoms with van der Waals surface area (Å²) in [5, 5.41) is 6.13. The molecule has 0 bridgehead atoms. The predicted octanol–water partition coefficient (Wildman–Crippen LogP) is 6.86. The fourth-order valence-electron chi connectivity index (χ4n) is 4.56. The van der Waals surface area contributed by atoms with Crippen LogP contribution >= 0.6 is 11.6 Å². The number of hydrogen-bond acceptors (Lipinski definition) is 6. The zero-order chi connectivity index (χ0) is 30.4. The molecule has 0 unspecified atom stereocenters. The van der Waals surface area contributed by atoms with Gasteiger partial charge in [-0.15, -0.1) is 0 Å². The molecule has 3 atom stereocenters. The molecule has 1 saturated heterocycles. The summed E-state index contributed by atoms with van der Waals surface area (Å²) in [5.74, 6) is 0.608. The molecule has 1 heterocycles. The van der Waals surface area contributed by atoms with Crippen LogP contribution in [0.15, 0.2) is 78.9 Å². The number of alkyl carbamates (subject to hydrolysis) is 1. The zero-order valence-corrected chi connectivity index (χ0v) is 25.1. The summed E-state index contributed by atoms with van der Waals surface area (Å²) in [7, 11) is 0. The van der Waals surface area contributed by atoms with Crippen LogP contribution in [0, 0.1) is 5.92 Å². The van der Waals surface area contributed by atoms with Crippen molar-refractivity contribution < 1.29 is 28.6 Å². The van der Waals surface area contributed by atoms with Gasteiger partial charge in [-0.2, -0.15) is 0 Å². The average Bonchev–Trinajstić information content (AvgIpc) is 3.27. The third-order valence-electron chi connectivity index (χ3n) is 6.48. The van der Waals surface area contributed by atoms with Crippen LogP contribution in [0.2, 0.25) is 5.02 Å². The van der Waals surface area contributed by atoms with E-state index in [1.807, 2.05) is 44.2 Å². The van der Waals surface area contributed by atoms with Crippen molar-refractivity contribution in [3.05, 3.63) is 89.4 Å². The topological polar surface area (TPSA) is 106 Å². The lowest BCUT2D eigenvalue weighted by Gasteiger charge is -2.27. The minimum Gasteiger partial charge on any atom is -0.457 e. The lowest BCUT2D eigenvalue weighted by atomic mass is 9.99. The number of nitrogens with zero attached hydrogens (tertiary/aromatic N) is 1. The Morgan fingerprint density at radius 3 is 2.12 bits per heavy atom. The molecule has 1 fully saturated rings. The lowest BCUT2D eigenvalue weighted by Crippen LogP contribution is -2.52. The van der Waals surface area contributed by atoms with E-state index in [0.717, 1.165) is 5.56 Å². The van der Waals surface area contributed by atoms with Crippen molar-refractivity contribution in [2.24, 2.45) is 5.92 Å². The molecule has 222 valence electrons. The molecule has 1 aliphatic rings. The smallest absolute Gasteiger partial charge is 0.415 e. The van der Waals surface area contributed by atoms with Crippen molar-refractivity contribution in [2.75, 3.05) is 11.4 Å². The van der Waals surface area contributed by atoms with E-state index in [9.17, 15) is 14.4 Å². The number of anilines is 1. The first-order valence-electron chi connectivity index (χ1n) is 13.8. The largest absolute Gasteiger partial charge is 0.457 e. The number of carbonyl (C=O) groups is 3. The highest BCUT2D eigenvalue weighted by Gasteiger charge is 2.44. The Morgan fingerprint density at radius 2 is 1.55 bits per heavy atom. The number of cyclic esters (lactones) is 1. The number of carbonyl (C=O) groups excluding carboxylic acids is 3. The van der Waals surface area contributed by atoms with E-state index in [1.165, 1.54) is 0 Å². The minimum absolute atomic E-state index is 0.0393. The van der Waals surface area contributed by atoms with Crippen LogP contribution in [0.25, 0.3) is 0 Å². The highest BCUT2D eigenvalue weighted by molar-refractivity contribution is 6.30. The standard InChI is InChI=1S/C32H36ClN3O6/c1-20(2)27(35-30(38)42-32(3,4)5)29(37)34-19-26-28(21-9-7-6-8-10-21)36(31(39)41-26)23-13-17-25(18-14-23)40-24-15-11-22(33)12-16-24/h6-18,20,26-28H,19H2,1-5H3,(H,34,37)(H,35,38)/t26-,27-,28-/m0/s1.